The molecule has 0 saturated carbocycles. The van der Waals surface area contributed by atoms with Crippen molar-refractivity contribution in [3.8, 4) is 5.75 Å². The Kier molecular flexibility index (Phi) is 4.77. The van der Waals surface area contributed by atoms with Gasteiger partial charge in [-0.2, -0.15) is 0 Å². The van der Waals surface area contributed by atoms with Gasteiger partial charge in [0.25, 0.3) is 11.8 Å². The van der Waals surface area contributed by atoms with Crippen molar-refractivity contribution in [3.05, 3.63) is 47.9 Å². The minimum absolute atomic E-state index is 0.0165. The van der Waals surface area contributed by atoms with E-state index in [1.165, 1.54) is 6.92 Å². The van der Waals surface area contributed by atoms with Crippen molar-refractivity contribution in [1.82, 2.24) is 9.80 Å². The summed E-state index contributed by atoms with van der Waals surface area (Å²) in [6.45, 7) is 3.73. The van der Waals surface area contributed by atoms with Crippen molar-refractivity contribution in [2.24, 2.45) is 0 Å². The number of hydrogen-bond acceptors (Lipinski definition) is 5. The molecule has 1 aromatic heterocycles. The first-order valence-corrected chi connectivity index (χ1v) is 9.18. The number of rotatable bonds is 3. The summed E-state index contributed by atoms with van der Waals surface area (Å²) in [5.41, 5.74) is 0.684. The Morgan fingerprint density at radius 2 is 1.71 bits per heavy atom. The molecule has 3 amide bonds. The van der Waals surface area contributed by atoms with Crippen LogP contribution in [0.4, 0.5) is 5.69 Å². The van der Waals surface area contributed by atoms with E-state index in [4.69, 9.17) is 9.15 Å². The molecule has 2 aliphatic rings. The van der Waals surface area contributed by atoms with Gasteiger partial charge in [0.2, 0.25) is 5.91 Å². The quantitative estimate of drug-likeness (QED) is 0.802. The molecule has 146 valence electrons. The number of nitrogens with zero attached hydrogens (tertiary/aromatic N) is 3. The number of benzene rings is 1. The van der Waals surface area contributed by atoms with Gasteiger partial charge in [-0.25, -0.2) is 0 Å². The number of hydrogen-bond donors (Lipinski definition) is 0. The van der Waals surface area contributed by atoms with Crippen molar-refractivity contribution in [1.29, 1.82) is 0 Å². The molecule has 2 aromatic rings. The lowest BCUT2D eigenvalue weighted by Gasteiger charge is -2.33. The fraction of sp³-hybridized carbons (Fsp3) is 0.350. The molecule has 1 fully saturated rings. The molecule has 0 spiro atoms. The van der Waals surface area contributed by atoms with E-state index < -0.39 is 0 Å². The number of carbonyl (C=O) groups is 3. The van der Waals surface area contributed by atoms with Crippen LogP contribution in [-0.4, -0.2) is 60.3 Å². The Bertz CT molecular complexity index is 914. The summed E-state index contributed by atoms with van der Waals surface area (Å²) < 4.78 is 11.2. The largest absolute Gasteiger partial charge is 0.482 e. The third kappa shape index (κ3) is 3.45. The van der Waals surface area contributed by atoms with Gasteiger partial charge in [-0.15, -0.1) is 0 Å². The summed E-state index contributed by atoms with van der Waals surface area (Å²) in [5.74, 6) is 1.05. The molecule has 8 nitrogen and oxygen atoms in total. The monoisotopic (exact) mass is 383 g/mol. The van der Waals surface area contributed by atoms with E-state index in [2.05, 4.69) is 0 Å². The smallest absolute Gasteiger partial charge is 0.289 e. The highest BCUT2D eigenvalue weighted by Crippen LogP contribution is 2.32. The first-order chi connectivity index (χ1) is 13.5. The van der Waals surface area contributed by atoms with E-state index in [1.807, 2.05) is 24.3 Å². The third-order valence-corrected chi connectivity index (χ3v) is 5.01. The predicted molar refractivity (Wildman–Crippen MR) is 100.0 cm³/mol. The van der Waals surface area contributed by atoms with Gasteiger partial charge in [0, 0.05) is 33.1 Å². The Morgan fingerprint density at radius 1 is 1.00 bits per heavy atom. The fourth-order valence-corrected chi connectivity index (χ4v) is 3.44. The molecule has 3 heterocycles. The van der Waals surface area contributed by atoms with E-state index in [9.17, 15) is 14.4 Å². The van der Waals surface area contributed by atoms with Gasteiger partial charge in [-0.1, -0.05) is 12.1 Å². The molecule has 1 aromatic carbocycles. The van der Waals surface area contributed by atoms with Crippen LogP contribution in [0.3, 0.4) is 0 Å². The van der Waals surface area contributed by atoms with Crippen LogP contribution in [0.2, 0.25) is 0 Å². The Balaban J connectivity index is 1.44. The number of amides is 3. The van der Waals surface area contributed by atoms with Gasteiger partial charge in [-0.05, 0) is 24.3 Å². The minimum Gasteiger partial charge on any atom is -0.482 e. The number of ether oxygens (including phenoxy) is 1. The standard InChI is InChI=1S/C20H21N3O5/c1-14(24)21-8-10-22(11-9-21)20(26)18-7-6-15(28-18)12-23-16-4-2-3-5-17(16)27-13-19(23)25/h2-7H,8-13H2,1H3. The lowest BCUT2D eigenvalue weighted by Crippen LogP contribution is -2.50. The zero-order valence-corrected chi connectivity index (χ0v) is 15.6. The Hall–Kier alpha value is -3.29. The summed E-state index contributed by atoms with van der Waals surface area (Å²) in [4.78, 5) is 41.4. The molecule has 0 N–H and O–H groups in total. The number of anilines is 1. The van der Waals surface area contributed by atoms with Crippen molar-refractivity contribution >= 4 is 23.4 Å². The van der Waals surface area contributed by atoms with Crippen LogP contribution < -0.4 is 9.64 Å². The molecule has 1 saturated heterocycles. The molecule has 0 aliphatic carbocycles. The predicted octanol–water partition coefficient (Wildman–Crippen LogP) is 1.51. The zero-order valence-electron chi connectivity index (χ0n) is 15.6. The molecular weight excluding hydrogens is 362 g/mol. The molecule has 28 heavy (non-hydrogen) atoms. The molecular formula is C20H21N3O5. The number of para-hydroxylation sites is 2. The summed E-state index contributed by atoms with van der Waals surface area (Å²) in [7, 11) is 0. The maximum atomic E-state index is 12.7. The van der Waals surface area contributed by atoms with Crippen molar-refractivity contribution < 1.29 is 23.5 Å². The van der Waals surface area contributed by atoms with Gasteiger partial charge >= 0.3 is 0 Å². The topological polar surface area (TPSA) is 83.3 Å². The number of piperazine rings is 1. The van der Waals surface area contributed by atoms with E-state index >= 15 is 0 Å². The number of carbonyl (C=O) groups excluding carboxylic acids is 3. The van der Waals surface area contributed by atoms with Crippen LogP contribution in [0.1, 0.15) is 23.2 Å². The molecule has 0 radical (unpaired) electrons. The van der Waals surface area contributed by atoms with Gasteiger partial charge in [-0.3, -0.25) is 19.3 Å². The van der Waals surface area contributed by atoms with Gasteiger partial charge in [0.15, 0.2) is 12.4 Å². The SMILES string of the molecule is CC(=O)N1CCN(C(=O)c2ccc(CN3C(=O)COc4ccccc43)o2)CC1. The summed E-state index contributed by atoms with van der Waals surface area (Å²) in [5, 5.41) is 0. The second-order valence-corrected chi connectivity index (χ2v) is 6.80. The van der Waals surface area contributed by atoms with Crippen LogP contribution in [0.25, 0.3) is 0 Å². The fourth-order valence-electron chi connectivity index (χ4n) is 3.44. The van der Waals surface area contributed by atoms with Gasteiger partial charge < -0.3 is 19.0 Å². The van der Waals surface area contributed by atoms with Gasteiger partial charge in [0.05, 0.1) is 12.2 Å². The van der Waals surface area contributed by atoms with Crippen molar-refractivity contribution in [3.63, 3.8) is 0 Å². The minimum atomic E-state index is -0.205. The second-order valence-electron chi connectivity index (χ2n) is 6.80. The van der Waals surface area contributed by atoms with Crippen molar-refractivity contribution in [2.45, 2.75) is 13.5 Å². The maximum absolute atomic E-state index is 12.7. The van der Waals surface area contributed by atoms with E-state index in [0.717, 1.165) is 0 Å². The second kappa shape index (κ2) is 7.38. The highest BCUT2D eigenvalue weighted by molar-refractivity contribution is 5.97. The molecule has 0 unspecified atom stereocenters. The van der Waals surface area contributed by atoms with Crippen LogP contribution in [-0.2, 0) is 16.1 Å². The molecule has 2 aliphatic heterocycles. The highest BCUT2D eigenvalue weighted by Gasteiger charge is 2.28. The number of furan rings is 1. The summed E-state index contributed by atoms with van der Waals surface area (Å²) >= 11 is 0. The van der Waals surface area contributed by atoms with Crippen LogP contribution in [0.15, 0.2) is 40.8 Å². The first kappa shape index (κ1) is 18.1. The summed E-state index contributed by atoms with van der Waals surface area (Å²) in [6.07, 6.45) is 0. The molecule has 4 rings (SSSR count). The zero-order chi connectivity index (χ0) is 19.7. The van der Waals surface area contributed by atoms with Crippen LogP contribution in [0, 0.1) is 0 Å². The number of fused-ring (bicyclic) bond motifs is 1. The Labute approximate surface area is 162 Å². The van der Waals surface area contributed by atoms with Crippen molar-refractivity contribution in [2.75, 3.05) is 37.7 Å². The third-order valence-electron chi connectivity index (χ3n) is 5.01. The molecule has 0 bridgehead atoms. The lowest BCUT2D eigenvalue weighted by atomic mass is 10.2. The summed E-state index contributed by atoms with van der Waals surface area (Å²) in [6, 6.07) is 10.7. The van der Waals surface area contributed by atoms with Crippen LogP contribution in [0.5, 0.6) is 5.75 Å². The Morgan fingerprint density at radius 3 is 2.46 bits per heavy atom. The average Bonchev–Trinajstić information content (AvgIpc) is 3.18. The van der Waals surface area contributed by atoms with E-state index in [1.54, 1.807) is 26.8 Å². The molecule has 8 heteroatoms. The normalized spacial score (nSPS) is 16.6. The highest BCUT2D eigenvalue weighted by atomic mass is 16.5. The average molecular weight is 383 g/mol. The van der Waals surface area contributed by atoms with Gasteiger partial charge in [0.1, 0.15) is 11.5 Å². The molecule has 0 atom stereocenters. The lowest BCUT2D eigenvalue weighted by molar-refractivity contribution is -0.130. The van der Waals surface area contributed by atoms with Crippen LogP contribution >= 0.6 is 0 Å². The van der Waals surface area contributed by atoms with E-state index in [-0.39, 0.29) is 36.6 Å². The maximum Gasteiger partial charge on any atom is 0.289 e. The van der Waals surface area contributed by atoms with E-state index in [0.29, 0.717) is 43.4 Å². The first-order valence-electron chi connectivity index (χ1n) is 9.18.